The molecule has 0 radical (unpaired) electrons. The normalized spacial score (nSPS) is 13.9. The summed E-state index contributed by atoms with van der Waals surface area (Å²) in [4.78, 5) is 40.4. The topological polar surface area (TPSA) is 151 Å². The predicted molar refractivity (Wildman–Crippen MR) is 194 cm³/mol. The van der Waals surface area contributed by atoms with Crippen LogP contribution in [0.1, 0.15) is 48.3 Å². The second kappa shape index (κ2) is 17.1. The van der Waals surface area contributed by atoms with Crippen molar-refractivity contribution in [3.05, 3.63) is 81.7 Å². The van der Waals surface area contributed by atoms with E-state index in [0.29, 0.717) is 70.5 Å². The van der Waals surface area contributed by atoms with Crippen LogP contribution in [0.3, 0.4) is 0 Å². The van der Waals surface area contributed by atoms with E-state index in [0.717, 1.165) is 37.1 Å². The second-order valence-electron chi connectivity index (χ2n) is 12.0. The van der Waals surface area contributed by atoms with Crippen molar-refractivity contribution in [3.8, 4) is 34.1 Å². The Balaban J connectivity index is 1.32. The lowest BCUT2D eigenvalue weighted by molar-refractivity contribution is -0.129. The Morgan fingerprint density at radius 1 is 1.00 bits per heavy atom. The molecule has 4 N–H and O–H groups in total. The molecule has 2 amide bonds. The molecule has 1 saturated heterocycles. The van der Waals surface area contributed by atoms with Gasteiger partial charge >= 0.3 is 0 Å². The molecule has 1 aliphatic rings. The first-order valence-electron chi connectivity index (χ1n) is 16.3. The van der Waals surface area contributed by atoms with Gasteiger partial charge in [0.05, 0.1) is 47.4 Å². The predicted octanol–water partition coefficient (Wildman–Crippen LogP) is 5.35. The maximum absolute atomic E-state index is 13.2. The van der Waals surface area contributed by atoms with Crippen LogP contribution in [0.5, 0.6) is 11.6 Å². The molecule has 14 heteroatoms. The summed E-state index contributed by atoms with van der Waals surface area (Å²) in [6, 6.07) is 12.7. The number of nitrogens with one attached hydrogen (secondary N) is 3. The van der Waals surface area contributed by atoms with Crippen molar-refractivity contribution in [2.75, 3.05) is 39.2 Å². The minimum Gasteiger partial charge on any atom is -0.496 e. The lowest BCUT2D eigenvalue weighted by Crippen LogP contribution is -2.44. The van der Waals surface area contributed by atoms with Crippen molar-refractivity contribution in [2.24, 2.45) is 0 Å². The average Bonchev–Trinajstić information content (AvgIpc) is 3.12. The van der Waals surface area contributed by atoms with Gasteiger partial charge in [0.15, 0.2) is 0 Å². The maximum atomic E-state index is 13.2. The molecule has 3 aromatic heterocycles. The number of methoxy groups -OCH3 is 2. The number of hydrogen-bond donors (Lipinski definition) is 4. The zero-order chi connectivity index (χ0) is 35.8. The highest BCUT2D eigenvalue weighted by Gasteiger charge is 2.22. The molecule has 1 fully saturated rings. The number of nitrogens with zero attached hydrogens (tertiary/aromatic N) is 4. The summed E-state index contributed by atoms with van der Waals surface area (Å²) in [6.07, 6.45) is 4.46. The fraction of sp³-hybridized carbons (Fsp3) is 0.361. The number of ether oxygens (including phenoxy) is 2. The van der Waals surface area contributed by atoms with E-state index < -0.39 is 12.0 Å². The van der Waals surface area contributed by atoms with Crippen LogP contribution in [0.4, 0.5) is 5.69 Å². The van der Waals surface area contributed by atoms with Crippen LogP contribution in [-0.2, 0) is 17.9 Å². The molecule has 1 aliphatic heterocycles. The Bertz CT molecular complexity index is 1830. The third kappa shape index (κ3) is 8.87. The number of rotatable bonds is 13. The number of pyridine rings is 3. The summed E-state index contributed by atoms with van der Waals surface area (Å²) in [5.41, 5.74) is 4.30. The van der Waals surface area contributed by atoms with Gasteiger partial charge in [0.2, 0.25) is 11.8 Å². The molecule has 12 nitrogen and oxygen atoms in total. The number of amides is 2. The van der Waals surface area contributed by atoms with Gasteiger partial charge in [-0.15, -0.1) is 0 Å². The number of hydrogen-bond acceptors (Lipinski definition) is 10. The van der Waals surface area contributed by atoms with Gasteiger partial charge < -0.3 is 35.4 Å². The smallest absolute Gasteiger partial charge is 0.274 e. The van der Waals surface area contributed by atoms with Gasteiger partial charge in [-0.3, -0.25) is 19.6 Å². The van der Waals surface area contributed by atoms with Gasteiger partial charge in [0.25, 0.3) is 5.91 Å². The quantitative estimate of drug-likeness (QED) is 0.142. The molecule has 4 heterocycles. The number of aliphatic hydroxyl groups excluding tert-OH is 1. The number of aliphatic hydroxyl groups is 1. The van der Waals surface area contributed by atoms with Gasteiger partial charge in [-0.1, -0.05) is 41.4 Å². The molecular weight excluding hydrogens is 681 g/mol. The van der Waals surface area contributed by atoms with Crippen molar-refractivity contribution in [1.82, 2.24) is 30.5 Å². The van der Waals surface area contributed by atoms with Crippen molar-refractivity contribution in [2.45, 2.75) is 51.9 Å². The Kier molecular flexibility index (Phi) is 12.6. The fourth-order valence-electron chi connectivity index (χ4n) is 5.74. The van der Waals surface area contributed by atoms with E-state index in [1.807, 2.05) is 17.0 Å². The van der Waals surface area contributed by atoms with Crippen molar-refractivity contribution in [3.63, 3.8) is 0 Å². The Hall–Kier alpha value is -4.33. The molecule has 1 atom stereocenters. The molecule has 50 heavy (non-hydrogen) atoms. The third-order valence-corrected chi connectivity index (χ3v) is 9.26. The van der Waals surface area contributed by atoms with Crippen LogP contribution in [0.15, 0.2) is 54.9 Å². The van der Waals surface area contributed by atoms with Crippen molar-refractivity contribution >= 4 is 40.7 Å². The molecular formula is C36H41Cl2N7O5. The number of anilines is 1. The van der Waals surface area contributed by atoms with Crippen LogP contribution in [0.25, 0.3) is 22.5 Å². The fourth-order valence-corrected chi connectivity index (χ4v) is 6.31. The summed E-state index contributed by atoms with van der Waals surface area (Å²) < 4.78 is 11.1. The Morgan fingerprint density at radius 3 is 2.48 bits per heavy atom. The van der Waals surface area contributed by atoms with E-state index in [1.54, 1.807) is 63.7 Å². The van der Waals surface area contributed by atoms with Crippen LogP contribution in [-0.4, -0.2) is 82.8 Å². The van der Waals surface area contributed by atoms with Crippen LogP contribution < -0.4 is 25.4 Å². The number of likely N-dealkylation sites (tertiary alicyclic amines) is 1. The molecule has 0 aliphatic carbocycles. The largest absolute Gasteiger partial charge is 0.496 e. The molecule has 1 aromatic carbocycles. The molecule has 264 valence electrons. The molecule has 0 unspecified atom stereocenters. The summed E-state index contributed by atoms with van der Waals surface area (Å²) in [6.45, 7) is 6.17. The standard InChI is InChI=1S/C36H41Cl2N7O5/c1-21(46)17-39-18-24-20-42-30(16-31(24)49-3)35(48)43-29-7-5-6-27(32(29)37)34-33(38)26(10-13-40-34)28-9-8-23(36(44-28)50-4)19-41-25-11-14-45(15-12-25)22(2)47/h5-10,13,16,20-21,25,39,41,46H,11-12,14-15,17-19H2,1-4H3,(H,43,48)/t21-/m0/s1. The molecule has 4 aromatic rings. The molecule has 5 rings (SSSR count). The lowest BCUT2D eigenvalue weighted by atomic mass is 10.0. The highest BCUT2D eigenvalue weighted by Crippen LogP contribution is 2.40. The minimum atomic E-state index is -0.498. The summed E-state index contributed by atoms with van der Waals surface area (Å²) in [5, 5.41) is 19.6. The van der Waals surface area contributed by atoms with E-state index >= 15 is 0 Å². The van der Waals surface area contributed by atoms with E-state index in [1.165, 1.54) is 7.11 Å². The first-order chi connectivity index (χ1) is 24.1. The van der Waals surface area contributed by atoms with Crippen molar-refractivity contribution < 1.29 is 24.2 Å². The Morgan fingerprint density at radius 2 is 1.78 bits per heavy atom. The molecule has 0 saturated carbocycles. The van der Waals surface area contributed by atoms with Crippen molar-refractivity contribution in [1.29, 1.82) is 0 Å². The minimum absolute atomic E-state index is 0.112. The summed E-state index contributed by atoms with van der Waals surface area (Å²) in [7, 11) is 3.10. The molecule has 0 spiro atoms. The van der Waals surface area contributed by atoms with Gasteiger partial charge in [0.1, 0.15) is 11.4 Å². The molecule has 0 bridgehead atoms. The SMILES string of the molecule is COc1cc(C(=O)Nc2cccc(-c3nccc(-c4ccc(CNC5CCN(C(C)=O)CC5)c(OC)n4)c3Cl)c2Cl)ncc1CNC[C@H](C)O. The van der Waals surface area contributed by atoms with E-state index in [9.17, 15) is 14.7 Å². The number of carbonyl (C=O) groups is 2. The van der Waals surface area contributed by atoms with E-state index in [2.05, 4.69) is 25.9 Å². The van der Waals surface area contributed by atoms with Gasteiger partial charge in [-0.2, -0.15) is 0 Å². The Labute approximate surface area is 301 Å². The van der Waals surface area contributed by atoms with Crippen LogP contribution >= 0.6 is 23.2 Å². The van der Waals surface area contributed by atoms with E-state index in [-0.39, 0.29) is 16.6 Å². The maximum Gasteiger partial charge on any atom is 0.274 e. The first-order valence-corrected chi connectivity index (χ1v) is 17.0. The zero-order valence-corrected chi connectivity index (χ0v) is 29.9. The van der Waals surface area contributed by atoms with Gasteiger partial charge in [0, 0.05) is 86.4 Å². The number of carbonyl (C=O) groups excluding carboxylic acids is 2. The summed E-state index contributed by atoms with van der Waals surface area (Å²) in [5.74, 6) is 0.589. The average molecular weight is 723 g/mol. The zero-order valence-electron chi connectivity index (χ0n) is 28.4. The lowest BCUT2D eigenvalue weighted by Gasteiger charge is -2.31. The summed E-state index contributed by atoms with van der Waals surface area (Å²) >= 11 is 13.8. The van der Waals surface area contributed by atoms with Gasteiger partial charge in [-0.25, -0.2) is 4.98 Å². The number of aromatic nitrogens is 3. The number of halogens is 2. The number of benzene rings is 1. The number of piperidine rings is 1. The van der Waals surface area contributed by atoms with Crippen LogP contribution in [0.2, 0.25) is 10.0 Å². The highest BCUT2D eigenvalue weighted by molar-refractivity contribution is 6.39. The highest BCUT2D eigenvalue weighted by atomic mass is 35.5. The monoisotopic (exact) mass is 721 g/mol. The first kappa shape index (κ1) is 36.9. The third-order valence-electron chi connectivity index (χ3n) is 8.47. The second-order valence-corrected chi connectivity index (χ2v) is 12.8. The van der Waals surface area contributed by atoms with Gasteiger partial charge in [-0.05, 0) is 38.0 Å². The van der Waals surface area contributed by atoms with E-state index in [4.69, 9.17) is 37.7 Å². The van der Waals surface area contributed by atoms with Crippen LogP contribution in [0, 0.1) is 0 Å².